The first-order valence-corrected chi connectivity index (χ1v) is 6.37. The maximum Gasteiger partial charge on any atom is 0.337 e. The molecule has 2 saturated heterocycles. The molecule has 1 aromatic carbocycles. The molecule has 2 aliphatic rings. The zero-order valence-electron chi connectivity index (χ0n) is 10.6. The van der Waals surface area contributed by atoms with Crippen LogP contribution in [0.1, 0.15) is 16.8 Å². The first kappa shape index (κ1) is 11.5. The molecule has 0 aromatic heterocycles. The van der Waals surface area contributed by atoms with Gasteiger partial charge in [0.15, 0.2) is 0 Å². The molecule has 3 rings (SSSR count). The number of hydrogen-bond acceptors (Lipinski definition) is 4. The number of rotatable bonds is 2. The molecule has 1 N–H and O–H groups in total. The van der Waals surface area contributed by atoms with Gasteiger partial charge >= 0.3 is 5.97 Å². The van der Waals surface area contributed by atoms with Crippen molar-refractivity contribution in [2.75, 3.05) is 38.2 Å². The van der Waals surface area contributed by atoms with Crippen LogP contribution in [-0.2, 0) is 4.74 Å². The quantitative estimate of drug-likeness (QED) is 0.798. The highest BCUT2D eigenvalue weighted by molar-refractivity contribution is 5.90. The Morgan fingerprint density at radius 1 is 1.44 bits per heavy atom. The van der Waals surface area contributed by atoms with Crippen molar-refractivity contribution in [3.63, 3.8) is 0 Å². The van der Waals surface area contributed by atoms with Crippen molar-refractivity contribution < 1.29 is 9.53 Å². The lowest BCUT2D eigenvalue weighted by atomic mass is 9.79. The molecule has 1 aromatic rings. The Labute approximate surface area is 107 Å². The zero-order chi connectivity index (χ0) is 12.6. The number of ether oxygens (including phenoxy) is 1. The third-order valence-electron chi connectivity index (χ3n) is 4.02. The first-order valence-electron chi connectivity index (χ1n) is 6.37. The molecule has 0 unspecified atom stereocenters. The molecular formula is C14H18N2O2. The van der Waals surface area contributed by atoms with Crippen molar-refractivity contribution in [2.24, 2.45) is 5.41 Å². The van der Waals surface area contributed by atoms with Crippen molar-refractivity contribution in [2.45, 2.75) is 6.42 Å². The Morgan fingerprint density at radius 2 is 2.28 bits per heavy atom. The van der Waals surface area contributed by atoms with E-state index in [-0.39, 0.29) is 5.97 Å². The van der Waals surface area contributed by atoms with Gasteiger partial charge in [-0.05, 0) is 31.2 Å². The topological polar surface area (TPSA) is 41.6 Å². The number of carbonyl (C=O) groups is 1. The summed E-state index contributed by atoms with van der Waals surface area (Å²) in [6, 6.07) is 7.68. The highest BCUT2D eigenvalue weighted by atomic mass is 16.5. The van der Waals surface area contributed by atoms with Gasteiger partial charge in [-0.15, -0.1) is 0 Å². The lowest BCUT2D eigenvalue weighted by molar-refractivity contribution is 0.0600. The Bertz CT molecular complexity index is 459. The fourth-order valence-corrected chi connectivity index (χ4v) is 2.96. The van der Waals surface area contributed by atoms with E-state index in [4.69, 9.17) is 4.74 Å². The third kappa shape index (κ3) is 1.86. The molecule has 0 atom stereocenters. The summed E-state index contributed by atoms with van der Waals surface area (Å²) in [6.45, 7) is 4.44. The van der Waals surface area contributed by atoms with Gasteiger partial charge < -0.3 is 15.0 Å². The van der Waals surface area contributed by atoms with Gasteiger partial charge in [0.05, 0.1) is 12.7 Å². The fourth-order valence-electron chi connectivity index (χ4n) is 2.96. The summed E-state index contributed by atoms with van der Waals surface area (Å²) in [7, 11) is 1.41. The second-order valence-electron chi connectivity index (χ2n) is 5.32. The third-order valence-corrected chi connectivity index (χ3v) is 4.02. The van der Waals surface area contributed by atoms with Gasteiger partial charge in [0.1, 0.15) is 0 Å². The van der Waals surface area contributed by atoms with Crippen LogP contribution in [0.2, 0.25) is 0 Å². The SMILES string of the molecule is COC(=O)c1cccc(N2CC3(CCNC3)C2)c1. The molecule has 0 aliphatic carbocycles. The fraction of sp³-hybridized carbons (Fsp3) is 0.500. The molecule has 96 valence electrons. The van der Waals surface area contributed by atoms with Crippen molar-refractivity contribution in [1.29, 1.82) is 0 Å². The molecule has 4 heteroatoms. The Morgan fingerprint density at radius 3 is 2.94 bits per heavy atom. The molecule has 2 fully saturated rings. The van der Waals surface area contributed by atoms with E-state index in [9.17, 15) is 4.79 Å². The van der Waals surface area contributed by atoms with Crippen LogP contribution in [0.25, 0.3) is 0 Å². The molecule has 0 saturated carbocycles. The number of carbonyl (C=O) groups excluding carboxylic acids is 1. The van der Waals surface area contributed by atoms with Crippen LogP contribution in [0.5, 0.6) is 0 Å². The van der Waals surface area contributed by atoms with Crippen LogP contribution in [0.4, 0.5) is 5.69 Å². The average molecular weight is 246 g/mol. The van der Waals surface area contributed by atoms with E-state index in [1.165, 1.54) is 13.5 Å². The largest absolute Gasteiger partial charge is 0.465 e. The maximum atomic E-state index is 11.5. The number of anilines is 1. The lowest BCUT2D eigenvalue weighted by Crippen LogP contribution is -2.57. The van der Waals surface area contributed by atoms with E-state index >= 15 is 0 Å². The van der Waals surface area contributed by atoms with Gasteiger partial charge in [0.2, 0.25) is 0 Å². The summed E-state index contributed by atoms with van der Waals surface area (Å²) in [4.78, 5) is 13.8. The lowest BCUT2D eigenvalue weighted by Gasteiger charge is -2.49. The van der Waals surface area contributed by atoms with Crippen LogP contribution in [-0.4, -0.2) is 39.3 Å². The summed E-state index contributed by atoms with van der Waals surface area (Å²) in [5.74, 6) is -0.269. The number of methoxy groups -OCH3 is 1. The second-order valence-corrected chi connectivity index (χ2v) is 5.32. The standard InChI is InChI=1S/C14H18N2O2/c1-18-13(17)11-3-2-4-12(7-11)16-9-14(10-16)5-6-15-8-14/h2-4,7,15H,5-6,8-10H2,1H3. The van der Waals surface area contributed by atoms with E-state index in [0.29, 0.717) is 11.0 Å². The van der Waals surface area contributed by atoms with Crippen LogP contribution >= 0.6 is 0 Å². The summed E-state index contributed by atoms with van der Waals surface area (Å²) in [6.07, 6.45) is 1.26. The van der Waals surface area contributed by atoms with Crippen LogP contribution < -0.4 is 10.2 Å². The van der Waals surface area contributed by atoms with E-state index in [0.717, 1.165) is 31.9 Å². The smallest absolute Gasteiger partial charge is 0.337 e. The second kappa shape index (κ2) is 4.28. The molecule has 2 heterocycles. The van der Waals surface area contributed by atoms with E-state index in [1.807, 2.05) is 12.1 Å². The van der Waals surface area contributed by atoms with Crippen molar-refractivity contribution in [1.82, 2.24) is 5.32 Å². The molecule has 18 heavy (non-hydrogen) atoms. The number of nitrogens with zero attached hydrogens (tertiary/aromatic N) is 1. The zero-order valence-corrected chi connectivity index (χ0v) is 10.6. The first-order chi connectivity index (χ1) is 8.72. The predicted molar refractivity (Wildman–Crippen MR) is 69.9 cm³/mol. The number of benzene rings is 1. The number of nitrogens with one attached hydrogen (secondary N) is 1. The Kier molecular flexibility index (Phi) is 2.74. The molecular weight excluding hydrogens is 228 g/mol. The molecule has 4 nitrogen and oxygen atoms in total. The van der Waals surface area contributed by atoms with Crippen molar-refractivity contribution in [3.05, 3.63) is 29.8 Å². The van der Waals surface area contributed by atoms with Gasteiger partial charge in [-0.3, -0.25) is 0 Å². The minimum absolute atomic E-state index is 0.269. The van der Waals surface area contributed by atoms with Crippen LogP contribution in [0.15, 0.2) is 24.3 Å². The van der Waals surface area contributed by atoms with Crippen LogP contribution in [0.3, 0.4) is 0 Å². The number of hydrogen-bond donors (Lipinski definition) is 1. The van der Waals surface area contributed by atoms with Gasteiger partial charge in [-0.1, -0.05) is 6.07 Å². The van der Waals surface area contributed by atoms with Gasteiger partial charge in [-0.25, -0.2) is 4.79 Å². The Hall–Kier alpha value is -1.55. The molecule has 2 aliphatic heterocycles. The summed E-state index contributed by atoms with van der Waals surface area (Å²) in [5, 5.41) is 3.42. The van der Waals surface area contributed by atoms with Gasteiger partial charge in [0, 0.05) is 30.7 Å². The molecule has 0 radical (unpaired) electrons. The van der Waals surface area contributed by atoms with Gasteiger partial charge in [-0.2, -0.15) is 0 Å². The van der Waals surface area contributed by atoms with E-state index < -0.39 is 0 Å². The number of esters is 1. The molecule has 0 amide bonds. The summed E-state index contributed by atoms with van der Waals surface area (Å²) in [5.41, 5.74) is 2.22. The van der Waals surface area contributed by atoms with Crippen molar-refractivity contribution in [3.8, 4) is 0 Å². The summed E-state index contributed by atoms with van der Waals surface area (Å²) < 4.78 is 4.75. The normalized spacial score (nSPS) is 20.8. The predicted octanol–water partition coefficient (Wildman–Crippen LogP) is 1.27. The van der Waals surface area contributed by atoms with Crippen molar-refractivity contribution >= 4 is 11.7 Å². The average Bonchev–Trinajstić information content (AvgIpc) is 2.85. The van der Waals surface area contributed by atoms with E-state index in [2.05, 4.69) is 16.3 Å². The monoisotopic (exact) mass is 246 g/mol. The molecule has 1 spiro atoms. The maximum absolute atomic E-state index is 11.5. The van der Waals surface area contributed by atoms with Crippen LogP contribution in [0, 0.1) is 5.41 Å². The highest BCUT2D eigenvalue weighted by Gasteiger charge is 2.44. The van der Waals surface area contributed by atoms with Gasteiger partial charge in [0.25, 0.3) is 0 Å². The highest BCUT2D eigenvalue weighted by Crippen LogP contribution is 2.39. The minimum Gasteiger partial charge on any atom is -0.465 e. The van der Waals surface area contributed by atoms with E-state index in [1.54, 1.807) is 6.07 Å². The molecule has 0 bridgehead atoms. The minimum atomic E-state index is -0.269. The summed E-state index contributed by atoms with van der Waals surface area (Å²) >= 11 is 0. The Balaban J connectivity index is 1.72.